The van der Waals surface area contributed by atoms with E-state index in [0.29, 0.717) is 37.7 Å². The number of benzene rings is 1. The number of fused-ring (bicyclic) bond motifs is 4. The summed E-state index contributed by atoms with van der Waals surface area (Å²) < 4.78 is 21.1. The number of halogens is 1. The van der Waals surface area contributed by atoms with Gasteiger partial charge in [-0.1, -0.05) is 30.6 Å². The molecule has 1 aromatic rings. The van der Waals surface area contributed by atoms with E-state index in [-0.39, 0.29) is 35.9 Å². The number of esters is 1. The van der Waals surface area contributed by atoms with Crippen LogP contribution in [0.1, 0.15) is 83.6 Å². The standard InChI is InChI=1S/C35H40FNO4/c1-4-14-35(32(40)21-41-22(2)38)15-13-30-28-19-31(36)27-18-25(39)11-12-26(27)33(28)29(20-34(30,35)3)23-7-9-24(10-8-23)37-16-5-6-17-37/h7-10,18,28-31H,5-6,11-13,15-17,19-21H2,1-3H3/t28-,29?,30-,31?,34-,35+/m0/s1. The number of nitrogens with zero attached hydrogens (tertiary/aromatic N) is 1. The first kappa shape index (κ1) is 27.9. The Bertz CT molecular complexity index is 1390. The second-order valence-corrected chi connectivity index (χ2v) is 12.9. The SMILES string of the molecule is CC#C[C@]1(C(=O)COC(C)=O)CC[C@H]2[C@@H]3CC(F)C4=CC(=O)CCC4=C3C(c3ccc(N4CCCC4)cc3)C[C@@]21C. The monoisotopic (exact) mass is 557 g/mol. The van der Waals surface area contributed by atoms with Gasteiger partial charge < -0.3 is 9.64 Å². The predicted octanol–water partition coefficient (Wildman–Crippen LogP) is 6.28. The Morgan fingerprint density at radius 3 is 2.56 bits per heavy atom. The average Bonchev–Trinajstić information content (AvgIpc) is 3.59. The quantitative estimate of drug-likeness (QED) is 0.315. The zero-order chi connectivity index (χ0) is 28.9. The van der Waals surface area contributed by atoms with Crippen molar-refractivity contribution in [2.75, 3.05) is 24.6 Å². The number of rotatable bonds is 5. The summed E-state index contributed by atoms with van der Waals surface area (Å²) in [4.78, 5) is 40.3. The van der Waals surface area contributed by atoms with Gasteiger partial charge in [0.15, 0.2) is 18.2 Å². The molecule has 1 aromatic carbocycles. The Morgan fingerprint density at radius 2 is 1.88 bits per heavy atom. The number of carbonyl (C=O) groups is 3. The molecule has 41 heavy (non-hydrogen) atoms. The largest absolute Gasteiger partial charge is 0.458 e. The topological polar surface area (TPSA) is 63.7 Å². The summed E-state index contributed by atoms with van der Waals surface area (Å²) >= 11 is 0. The molecule has 0 spiro atoms. The van der Waals surface area contributed by atoms with Gasteiger partial charge in [0.25, 0.3) is 0 Å². The van der Waals surface area contributed by atoms with Gasteiger partial charge in [-0.2, -0.15) is 0 Å². The van der Waals surface area contributed by atoms with Gasteiger partial charge in [0.05, 0.1) is 5.41 Å². The summed E-state index contributed by atoms with van der Waals surface area (Å²) in [5, 5.41) is 0. The molecule has 1 saturated heterocycles. The first-order chi connectivity index (χ1) is 19.7. The van der Waals surface area contributed by atoms with Gasteiger partial charge in [-0.15, -0.1) is 5.92 Å². The van der Waals surface area contributed by atoms with Crippen molar-refractivity contribution in [2.45, 2.75) is 84.2 Å². The van der Waals surface area contributed by atoms with Crippen LogP contribution in [0.15, 0.2) is 47.1 Å². The van der Waals surface area contributed by atoms with Gasteiger partial charge in [-0.3, -0.25) is 14.4 Å². The normalized spacial score (nSPS) is 34.2. The Kier molecular flexibility index (Phi) is 7.20. The van der Waals surface area contributed by atoms with Crippen molar-refractivity contribution >= 4 is 23.2 Å². The molecule has 3 fully saturated rings. The molecule has 2 unspecified atom stereocenters. The molecule has 1 aliphatic heterocycles. The zero-order valence-electron chi connectivity index (χ0n) is 24.4. The number of alkyl halides is 1. The highest BCUT2D eigenvalue weighted by Crippen LogP contribution is 2.69. The van der Waals surface area contributed by atoms with E-state index in [2.05, 4.69) is 47.9 Å². The molecule has 0 bridgehead atoms. The molecular weight excluding hydrogens is 517 g/mol. The van der Waals surface area contributed by atoms with Crippen LogP contribution < -0.4 is 4.90 Å². The molecule has 5 aliphatic rings. The summed E-state index contributed by atoms with van der Waals surface area (Å²) in [6, 6.07) is 8.84. The van der Waals surface area contributed by atoms with Gasteiger partial charge in [0.1, 0.15) is 6.17 Å². The maximum Gasteiger partial charge on any atom is 0.303 e. The minimum atomic E-state index is -1.19. The summed E-state index contributed by atoms with van der Waals surface area (Å²) in [7, 11) is 0. The minimum absolute atomic E-state index is 0.00628. The van der Waals surface area contributed by atoms with Crippen LogP contribution in [0.2, 0.25) is 0 Å². The van der Waals surface area contributed by atoms with Gasteiger partial charge in [-0.25, -0.2) is 4.39 Å². The van der Waals surface area contributed by atoms with Crippen LogP contribution in [0.3, 0.4) is 0 Å². The van der Waals surface area contributed by atoms with Crippen molar-refractivity contribution < 1.29 is 23.5 Å². The summed E-state index contributed by atoms with van der Waals surface area (Å²) in [6.07, 6.45) is 6.15. The predicted molar refractivity (Wildman–Crippen MR) is 156 cm³/mol. The Labute approximate surface area is 242 Å². The molecule has 6 rings (SSSR count). The fraction of sp³-hybridized carbons (Fsp3) is 0.571. The van der Waals surface area contributed by atoms with E-state index in [1.54, 1.807) is 13.0 Å². The lowest BCUT2D eigenvalue weighted by Gasteiger charge is -2.55. The maximum atomic E-state index is 15.9. The molecule has 0 N–H and O–H groups in total. The van der Waals surface area contributed by atoms with E-state index in [1.165, 1.54) is 36.6 Å². The fourth-order valence-electron chi connectivity index (χ4n) is 9.09. The number of ether oxygens (including phenoxy) is 1. The molecule has 5 nitrogen and oxygen atoms in total. The molecule has 0 amide bonds. The molecular formula is C35H40FNO4. The van der Waals surface area contributed by atoms with Crippen molar-refractivity contribution in [1.29, 1.82) is 0 Å². The first-order valence-electron chi connectivity index (χ1n) is 15.3. The Hall–Kier alpha value is -3.20. The molecule has 216 valence electrons. The average molecular weight is 558 g/mol. The molecule has 0 radical (unpaired) electrons. The van der Waals surface area contributed by atoms with E-state index >= 15 is 4.39 Å². The lowest BCUT2D eigenvalue weighted by atomic mass is 9.48. The van der Waals surface area contributed by atoms with E-state index in [1.807, 2.05) is 0 Å². The second-order valence-electron chi connectivity index (χ2n) is 12.9. The summed E-state index contributed by atoms with van der Waals surface area (Å²) in [6.45, 7) is 7.11. The van der Waals surface area contributed by atoms with Gasteiger partial charge in [0.2, 0.25) is 0 Å². The third-order valence-electron chi connectivity index (χ3n) is 10.9. The summed E-state index contributed by atoms with van der Waals surface area (Å²) in [5.41, 5.74) is 3.81. The minimum Gasteiger partial charge on any atom is -0.458 e. The van der Waals surface area contributed by atoms with Crippen molar-refractivity contribution in [2.24, 2.45) is 22.7 Å². The smallest absolute Gasteiger partial charge is 0.303 e. The van der Waals surface area contributed by atoms with E-state index in [9.17, 15) is 14.4 Å². The number of Topliss-reactive ketones (excluding diaryl/α,β-unsaturated/α-hetero) is 1. The van der Waals surface area contributed by atoms with Gasteiger partial charge >= 0.3 is 5.97 Å². The molecule has 6 atom stereocenters. The van der Waals surface area contributed by atoms with Crippen molar-refractivity contribution in [3.05, 3.63) is 52.6 Å². The van der Waals surface area contributed by atoms with Crippen LogP contribution in [0.5, 0.6) is 0 Å². The highest BCUT2D eigenvalue weighted by atomic mass is 19.1. The Balaban J connectivity index is 1.48. The van der Waals surface area contributed by atoms with Crippen LogP contribution in [-0.4, -0.2) is 43.4 Å². The molecule has 0 aromatic heterocycles. The number of hydrogen-bond acceptors (Lipinski definition) is 5. The van der Waals surface area contributed by atoms with E-state index < -0.39 is 23.0 Å². The van der Waals surface area contributed by atoms with E-state index in [0.717, 1.165) is 25.1 Å². The lowest BCUT2D eigenvalue weighted by Crippen LogP contribution is -2.52. The van der Waals surface area contributed by atoms with Crippen LogP contribution in [0, 0.1) is 34.5 Å². The number of allylic oxidation sites excluding steroid dienone is 4. The van der Waals surface area contributed by atoms with Gasteiger partial charge in [-0.05, 0) is 104 Å². The van der Waals surface area contributed by atoms with E-state index in [4.69, 9.17) is 4.74 Å². The highest BCUT2D eigenvalue weighted by molar-refractivity contribution is 5.93. The summed E-state index contributed by atoms with van der Waals surface area (Å²) in [5.74, 6) is 5.80. The van der Waals surface area contributed by atoms with Crippen LogP contribution >= 0.6 is 0 Å². The third-order valence-corrected chi connectivity index (χ3v) is 10.9. The number of ketones is 2. The number of carbonyl (C=O) groups excluding carboxylic acids is 3. The van der Waals surface area contributed by atoms with Crippen LogP contribution in [0.4, 0.5) is 10.1 Å². The van der Waals surface area contributed by atoms with Crippen LogP contribution in [-0.2, 0) is 19.1 Å². The number of hydrogen-bond donors (Lipinski definition) is 0. The second kappa shape index (κ2) is 10.6. The van der Waals surface area contributed by atoms with Crippen molar-refractivity contribution in [3.8, 4) is 11.8 Å². The van der Waals surface area contributed by atoms with Crippen LogP contribution in [0.25, 0.3) is 0 Å². The first-order valence-corrected chi connectivity index (χ1v) is 15.3. The molecule has 1 heterocycles. The third kappa shape index (κ3) is 4.47. The molecule has 4 aliphatic carbocycles. The molecule has 6 heteroatoms. The Morgan fingerprint density at radius 1 is 1.15 bits per heavy atom. The van der Waals surface area contributed by atoms with Crippen molar-refractivity contribution in [1.82, 2.24) is 0 Å². The zero-order valence-corrected chi connectivity index (χ0v) is 24.4. The molecule has 2 saturated carbocycles. The van der Waals surface area contributed by atoms with Gasteiger partial charge in [0, 0.05) is 38.0 Å². The lowest BCUT2D eigenvalue weighted by molar-refractivity contribution is -0.150. The maximum absolute atomic E-state index is 15.9. The highest BCUT2D eigenvalue weighted by Gasteiger charge is 2.66. The van der Waals surface area contributed by atoms with Crippen molar-refractivity contribution in [3.63, 3.8) is 0 Å². The number of anilines is 1. The fourth-order valence-corrected chi connectivity index (χ4v) is 9.09.